The predicted octanol–water partition coefficient (Wildman–Crippen LogP) is 1.84. The van der Waals surface area contributed by atoms with Crippen LogP contribution in [0.2, 0.25) is 0 Å². The van der Waals surface area contributed by atoms with Gasteiger partial charge < -0.3 is 4.74 Å². The van der Waals surface area contributed by atoms with Crippen LogP contribution in [0.4, 0.5) is 0 Å². The van der Waals surface area contributed by atoms with E-state index in [-0.39, 0.29) is 28.2 Å². The third kappa shape index (κ3) is 2.41. The lowest BCUT2D eigenvalue weighted by Crippen LogP contribution is -2.09. The molecule has 0 saturated carbocycles. The van der Waals surface area contributed by atoms with Gasteiger partial charge in [-0.15, -0.1) is 12.6 Å². The summed E-state index contributed by atoms with van der Waals surface area (Å²) in [6.45, 7) is 1.88. The van der Waals surface area contributed by atoms with E-state index < -0.39 is 5.97 Å². The van der Waals surface area contributed by atoms with Crippen LogP contribution in [0.5, 0.6) is 0 Å². The van der Waals surface area contributed by atoms with Gasteiger partial charge in [-0.2, -0.15) is 5.26 Å². The summed E-state index contributed by atoms with van der Waals surface area (Å²) in [6, 6.07) is 4.63. The lowest BCUT2D eigenvalue weighted by Gasteiger charge is -2.07. The summed E-state index contributed by atoms with van der Waals surface area (Å²) in [4.78, 5) is 22.6. The third-order valence-corrected chi connectivity index (χ3v) is 2.24. The average Bonchev–Trinajstić information content (AvgIpc) is 2.27. The molecular formula is C11H9NO3S. The smallest absolute Gasteiger partial charge is 0.339 e. The number of aldehydes is 1. The molecule has 0 saturated heterocycles. The molecular weight excluding hydrogens is 226 g/mol. The van der Waals surface area contributed by atoms with Gasteiger partial charge in [0.05, 0.1) is 23.8 Å². The monoisotopic (exact) mass is 235 g/mol. The van der Waals surface area contributed by atoms with Gasteiger partial charge in [-0.1, -0.05) is 0 Å². The van der Waals surface area contributed by atoms with Gasteiger partial charge in [-0.25, -0.2) is 4.79 Å². The molecule has 1 aromatic carbocycles. The zero-order chi connectivity index (χ0) is 12.1. The van der Waals surface area contributed by atoms with Crippen molar-refractivity contribution < 1.29 is 14.3 Å². The Balaban J connectivity index is 3.33. The SMILES string of the molecule is CCOC(=O)c1c(S)cc(C#N)cc1C=O. The van der Waals surface area contributed by atoms with Gasteiger partial charge in [0.2, 0.25) is 0 Å². The highest BCUT2D eigenvalue weighted by Gasteiger charge is 2.17. The van der Waals surface area contributed by atoms with Crippen molar-refractivity contribution in [2.24, 2.45) is 0 Å². The van der Waals surface area contributed by atoms with E-state index >= 15 is 0 Å². The number of carbonyl (C=O) groups excluding carboxylic acids is 2. The molecule has 0 radical (unpaired) electrons. The van der Waals surface area contributed by atoms with Crippen LogP contribution in [0.1, 0.15) is 33.2 Å². The molecule has 1 aromatic rings. The zero-order valence-corrected chi connectivity index (χ0v) is 9.45. The fourth-order valence-electron chi connectivity index (χ4n) is 1.23. The number of esters is 1. The number of benzene rings is 1. The number of hydrogen-bond acceptors (Lipinski definition) is 5. The maximum Gasteiger partial charge on any atom is 0.339 e. The number of rotatable bonds is 3. The van der Waals surface area contributed by atoms with Gasteiger partial charge in [-0.05, 0) is 19.1 Å². The molecule has 16 heavy (non-hydrogen) atoms. The molecule has 0 aromatic heterocycles. The van der Waals surface area contributed by atoms with E-state index in [9.17, 15) is 9.59 Å². The van der Waals surface area contributed by atoms with E-state index in [2.05, 4.69) is 12.6 Å². The second kappa shape index (κ2) is 5.33. The number of thiol groups is 1. The van der Waals surface area contributed by atoms with Gasteiger partial charge in [0, 0.05) is 10.5 Å². The van der Waals surface area contributed by atoms with E-state index in [1.807, 2.05) is 6.07 Å². The van der Waals surface area contributed by atoms with Crippen LogP contribution < -0.4 is 0 Å². The number of hydrogen-bond donors (Lipinski definition) is 1. The molecule has 0 amide bonds. The fraction of sp³-hybridized carbons (Fsp3) is 0.182. The molecule has 1 rings (SSSR count). The van der Waals surface area contributed by atoms with E-state index in [0.29, 0.717) is 6.29 Å². The second-order valence-electron chi connectivity index (χ2n) is 2.91. The summed E-state index contributed by atoms with van der Waals surface area (Å²) in [5.41, 5.74) is 0.488. The third-order valence-electron chi connectivity index (χ3n) is 1.88. The predicted molar refractivity (Wildman–Crippen MR) is 59.8 cm³/mol. The molecule has 0 atom stereocenters. The highest BCUT2D eigenvalue weighted by molar-refractivity contribution is 7.80. The number of nitriles is 1. The summed E-state index contributed by atoms with van der Waals surface area (Å²) in [5, 5.41) is 8.70. The van der Waals surface area contributed by atoms with Crippen LogP contribution >= 0.6 is 12.6 Å². The van der Waals surface area contributed by atoms with Gasteiger partial charge in [0.25, 0.3) is 0 Å². The Bertz CT molecular complexity index is 477. The minimum atomic E-state index is -0.612. The summed E-state index contributed by atoms with van der Waals surface area (Å²) >= 11 is 4.07. The van der Waals surface area contributed by atoms with E-state index in [4.69, 9.17) is 10.00 Å². The minimum absolute atomic E-state index is 0.0965. The quantitative estimate of drug-likeness (QED) is 0.493. The fourth-order valence-corrected chi connectivity index (χ4v) is 1.59. The van der Waals surface area contributed by atoms with Crippen LogP contribution in [0.3, 0.4) is 0 Å². The Hall–Kier alpha value is -1.80. The molecule has 0 spiro atoms. The Morgan fingerprint density at radius 3 is 2.81 bits per heavy atom. The van der Waals surface area contributed by atoms with Crippen LogP contribution in [0, 0.1) is 11.3 Å². The highest BCUT2D eigenvalue weighted by atomic mass is 32.1. The van der Waals surface area contributed by atoms with Crippen molar-refractivity contribution in [3.63, 3.8) is 0 Å². The number of carbonyl (C=O) groups is 2. The van der Waals surface area contributed by atoms with E-state index in [0.717, 1.165) is 0 Å². The molecule has 4 nitrogen and oxygen atoms in total. The summed E-state index contributed by atoms with van der Waals surface area (Å²) in [6.07, 6.45) is 0.507. The van der Waals surface area contributed by atoms with Crippen LogP contribution in [0.15, 0.2) is 17.0 Å². The van der Waals surface area contributed by atoms with Gasteiger partial charge in [-0.3, -0.25) is 4.79 Å². The van der Waals surface area contributed by atoms with Gasteiger partial charge in [0.15, 0.2) is 6.29 Å². The molecule has 5 heteroatoms. The Morgan fingerprint density at radius 2 is 2.31 bits per heavy atom. The van der Waals surface area contributed by atoms with Crippen molar-refractivity contribution in [1.29, 1.82) is 5.26 Å². The molecule has 0 heterocycles. The molecule has 0 unspecified atom stereocenters. The average molecular weight is 235 g/mol. The van der Waals surface area contributed by atoms with Crippen molar-refractivity contribution in [1.82, 2.24) is 0 Å². The highest BCUT2D eigenvalue weighted by Crippen LogP contribution is 2.21. The normalized spacial score (nSPS) is 9.31. The van der Waals surface area contributed by atoms with Crippen molar-refractivity contribution in [2.75, 3.05) is 6.61 Å². The first-order valence-electron chi connectivity index (χ1n) is 4.53. The van der Waals surface area contributed by atoms with Crippen molar-refractivity contribution in [3.05, 3.63) is 28.8 Å². The summed E-state index contributed by atoms with van der Waals surface area (Å²) < 4.78 is 4.80. The standard InChI is InChI=1S/C11H9NO3S/c1-2-15-11(14)10-8(6-13)3-7(5-12)4-9(10)16/h3-4,6,16H,2H2,1H3. The summed E-state index contributed by atoms with van der Waals surface area (Å²) in [7, 11) is 0. The molecule has 0 aliphatic carbocycles. The van der Waals surface area contributed by atoms with Crippen molar-refractivity contribution >= 4 is 24.9 Å². The van der Waals surface area contributed by atoms with E-state index in [1.165, 1.54) is 12.1 Å². The van der Waals surface area contributed by atoms with Crippen molar-refractivity contribution in [2.45, 2.75) is 11.8 Å². The van der Waals surface area contributed by atoms with Gasteiger partial charge >= 0.3 is 5.97 Å². The van der Waals surface area contributed by atoms with Crippen LogP contribution in [0.25, 0.3) is 0 Å². The van der Waals surface area contributed by atoms with Gasteiger partial charge in [0.1, 0.15) is 0 Å². The lowest BCUT2D eigenvalue weighted by molar-refractivity contribution is 0.0520. The zero-order valence-electron chi connectivity index (χ0n) is 8.56. The Morgan fingerprint density at radius 1 is 1.62 bits per heavy atom. The topological polar surface area (TPSA) is 67.2 Å². The van der Waals surface area contributed by atoms with Crippen molar-refractivity contribution in [3.8, 4) is 6.07 Å². The maximum absolute atomic E-state index is 11.5. The number of nitrogens with zero attached hydrogens (tertiary/aromatic N) is 1. The minimum Gasteiger partial charge on any atom is -0.462 e. The molecule has 0 N–H and O–H groups in total. The van der Waals surface area contributed by atoms with Crippen LogP contribution in [-0.2, 0) is 4.74 Å². The Kier molecular flexibility index (Phi) is 4.09. The maximum atomic E-state index is 11.5. The molecule has 82 valence electrons. The number of ether oxygens (including phenoxy) is 1. The largest absolute Gasteiger partial charge is 0.462 e. The second-order valence-corrected chi connectivity index (χ2v) is 3.39. The Labute approximate surface area is 98.2 Å². The van der Waals surface area contributed by atoms with Crippen LogP contribution in [-0.4, -0.2) is 18.9 Å². The first kappa shape index (κ1) is 12.3. The first-order valence-corrected chi connectivity index (χ1v) is 4.98. The molecule has 0 bridgehead atoms. The first-order chi connectivity index (χ1) is 7.63. The van der Waals surface area contributed by atoms with E-state index in [1.54, 1.807) is 6.92 Å². The molecule has 0 fully saturated rings. The molecule has 0 aliphatic heterocycles. The summed E-state index contributed by atoms with van der Waals surface area (Å²) in [5.74, 6) is -0.612. The molecule has 0 aliphatic rings. The lowest BCUT2D eigenvalue weighted by atomic mass is 10.1.